The molecule has 6 heteroatoms. The van der Waals surface area contributed by atoms with Crippen LogP contribution in [0.1, 0.15) is 31.4 Å². The molecular weight excluding hydrogens is 344 g/mol. The maximum atomic E-state index is 12.1. The van der Waals surface area contributed by atoms with E-state index in [9.17, 15) is 10.1 Å². The normalized spacial score (nSPS) is 11.2. The smallest absolute Gasteiger partial charge is 0.230 e. The highest BCUT2D eigenvalue weighted by molar-refractivity contribution is 7.99. The minimum absolute atomic E-state index is 0.0234. The van der Waals surface area contributed by atoms with E-state index in [0.717, 1.165) is 28.0 Å². The summed E-state index contributed by atoms with van der Waals surface area (Å²) in [4.78, 5) is 16.8. The lowest BCUT2D eigenvalue weighted by Gasteiger charge is -2.10. The van der Waals surface area contributed by atoms with Gasteiger partial charge < -0.3 is 5.32 Å². The molecule has 3 aromatic rings. The molecular formula is C20H22N4OS. The van der Waals surface area contributed by atoms with Crippen molar-refractivity contribution >= 4 is 34.3 Å². The number of hydrogen-bond acceptors (Lipinski definition) is 4. The number of nitrogens with one attached hydrogen (secondary N) is 1. The van der Waals surface area contributed by atoms with Crippen LogP contribution in [0.25, 0.3) is 16.7 Å². The van der Waals surface area contributed by atoms with Gasteiger partial charge in [-0.25, -0.2) is 4.98 Å². The van der Waals surface area contributed by atoms with Crippen LogP contribution in [0.3, 0.4) is 0 Å². The van der Waals surface area contributed by atoms with Crippen molar-refractivity contribution in [3.63, 3.8) is 0 Å². The zero-order valence-electron chi connectivity index (χ0n) is 15.2. The number of nitrogens with zero attached hydrogens (tertiary/aromatic N) is 3. The van der Waals surface area contributed by atoms with Crippen LogP contribution >= 0.6 is 11.8 Å². The summed E-state index contributed by atoms with van der Waals surface area (Å²) in [5, 5.41) is 13.4. The van der Waals surface area contributed by atoms with Crippen LogP contribution in [0.15, 0.2) is 35.4 Å². The van der Waals surface area contributed by atoms with Gasteiger partial charge in [-0.05, 0) is 43.0 Å². The summed E-state index contributed by atoms with van der Waals surface area (Å²) in [5.74, 6) is 0.932. The van der Waals surface area contributed by atoms with Crippen LogP contribution in [0.2, 0.25) is 0 Å². The molecule has 0 fully saturated rings. The van der Waals surface area contributed by atoms with Crippen molar-refractivity contribution in [3.05, 3.63) is 41.5 Å². The maximum Gasteiger partial charge on any atom is 0.230 e. The SMILES string of the molecule is Cc1cc(SCC(=O)NCCC(C)C)n2c(nc3ccccc32)c1C#N. The van der Waals surface area contributed by atoms with E-state index in [1.165, 1.54) is 11.8 Å². The Morgan fingerprint density at radius 3 is 2.88 bits per heavy atom. The van der Waals surface area contributed by atoms with Gasteiger partial charge in [-0.3, -0.25) is 9.20 Å². The number of carbonyl (C=O) groups excluding carboxylic acids is 1. The highest BCUT2D eigenvalue weighted by atomic mass is 32.2. The summed E-state index contributed by atoms with van der Waals surface area (Å²) in [5.41, 5.74) is 3.89. The quantitative estimate of drug-likeness (QED) is 0.671. The second-order valence-electron chi connectivity index (χ2n) is 6.73. The van der Waals surface area contributed by atoms with Crippen LogP contribution in [0, 0.1) is 24.2 Å². The van der Waals surface area contributed by atoms with Gasteiger partial charge in [-0.1, -0.05) is 37.7 Å². The van der Waals surface area contributed by atoms with Gasteiger partial charge in [0.2, 0.25) is 5.91 Å². The first-order valence-electron chi connectivity index (χ1n) is 8.71. The molecule has 26 heavy (non-hydrogen) atoms. The Morgan fingerprint density at radius 2 is 2.15 bits per heavy atom. The van der Waals surface area contributed by atoms with Gasteiger partial charge in [0.15, 0.2) is 5.65 Å². The molecule has 0 radical (unpaired) electrons. The lowest BCUT2D eigenvalue weighted by molar-refractivity contribution is -0.118. The lowest BCUT2D eigenvalue weighted by Crippen LogP contribution is -2.27. The number of carbonyl (C=O) groups is 1. The molecule has 0 spiro atoms. The molecule has 5 nitrogen and oxygen atoms in total. The number of nitriles is 1. The average Bonchev–Trinajstić information content (AvgIpc) is 2.98. The van der Waals surface area contributed by atoms with Gasteiger partial charge in [0.25, 0.3) is 0 Å². The second-order valence-corrected chi connectivity index (χ2v) is 7.73. The van der Waals surface area contributed by atoms with Crippen molar-refractivity contribution < 1.29 is 4.79 Å². The molecule has 3 rings (SSSR count). The molecule has 2 aromatic heterocycles. The van der Waals surface area contributed by atoms with E-state index in [2.05, 4.69) is 30.2 Å². The number of para-hydroxylation sites is 2. The monoisotopic (exact) mass is 366 g/mol. The molecule has 0 aliphatic rings. The third-order valence-corrected chi connectivity index (χ3v) is 5.25. The van der Waals surface area contributed by atoms with E-state index in [0.29, 0.717) is 29.4 Å². The first-order chi connectivity index (χ1) is 12.5. The first kappa shape index (κ1) is 18.3. The molecule has 0 aliphatic heterocycles. The van der Waals surface area contributed by atoms with Crippen molar-refractivity contribution in [1.82, 2.24) is 14.7 Å². The summed E-state index contributed by atoms with van der Waals surface area (Å²) in [6.45, 7) is 6.89. The van der Waals surface area contributed by atoms with Gasteiger partial charge in [-0.2, -0.15) is 5.26 Å². The summed E-state index contributed by atoms with van der Waals surface area (Å²) in [6, 6.07) is 12.0. The molecule has 1 amide bonds. The number of thioether (sulfide) groups is 1. The van der Waals surface area contributed by atoms with Gasteiger partial charge >= 0.3 is 0 Å². The third-order valence-electron chi connectivity index (χ3n) is 4.25. The molecule has 134 valence electrons. The number of benzene rings is 1. The summed E-state index contributed by atoms with van der Waals surface area (Å²) in [7, 11) is 0. The van der Waals surface area contributed by atoms with Gasteiger partial charge in [0.1, 0.15) is 6.07 Å². The minimum atomic E-state index is 0.0234. The van der Waals surface area contributed by atoms with Crippen LogP contribution < -0.4 is 5.32 Å². The molecule has 1 aromatic carbocycles. The van der Waals surface area contributed by atoms with Gasteiger partial charge in [0, 0.05) is 6.54 Å². The van der Waals surface area contributed by atoms with E-state index in [4.69, 9.17) is 0 Å². The molecule has 2 heterocycles. The molecule has 0 unspecified atom stereocenters. The predicted octanol–water partition coefficient (Wildman–Crippen LogP) is 3.92. The number of aromatic nitrogens is 2. The molecule has 1 N–H and O–H groups in total. The number of aryl methyl sites for hydroxylation is 1. The number of pyridine rings is 1. The Kier molecular flexibility index (Phi) is 5.48. The molecule has 0 saturated carbocycles. The topological polar surface area (TPSA) is 70.2 Å². The lowest BCUT2D eigenvalue weighted by atomic mass is 10.1. The van der Waals surface area contributed by atoms with Crippen LogP contribution in [-0.4, -0.2) is 27.6 Å². The maximum absolute atomic E-state index is 12.1. The zero-order valence-corrected chi connectivity index (χ0v) is 16.1. The number of hydrogen-bond donors (Lipinski definition) is 1. The molecule has 0 bridgehead atoms. The van der Waals surface area contributed by atoms with E-state index in [1.54, 1.807) is 0 Å². The largest absolute Gasteiger partial charge is 0.355 e. The zero-order chi connectivity index (χ0) is 18.7. The first-order valence-corrected chi connectivity index (χ1v) is 9.70. The molecule has 0 atom stereocenters. The second kappa shape index (κ2) is 7.79. The Morgan fingerprint density at radius 1 is 1.38 bits per heavy atom. The molecule has 0 aliphatic carbocycles. The summed E-state index contributed by atoms with van der Waals surface area (Å²) >= 11 is 1.47. The minimum Gasteiger partial charge on any atom is -0.355 e. The number of rotatable bonds is 6. The van der Waals surface area contributed by atoms with Crippen LogP contribution in [-0.2, 0) is 4.79 Å². The average molecular weight is 366 g/mol. The van der Waals surface area contributed by atoms with E-state index < -0.39 is 0 Å². The Balaban J connectivity index is 1.91. The Hall–Kier alpha value is -2.52. The standard InChI is InChI=1S/C20H22N4OS/c1-13(2)8-9-22-18(25)12-26-19-10-14(3)15(11-21)20-23-16-6-4-5-7-17(16)24(19)20/h4-7,10,13H,8-9,12H2,1-3H3,(H,22,25). The van der Waals surface area contributed by atoms with Crippen LogP contribution in [0.5, 0.6) is 0 Å². The van der Waals surface area contributed by atoms with Crippen molar-refractivity contribution in [2.75, 3.05) is 12.3 Å². The van der Waals surface area contributed by atoms with Gasteiger partial charge in [0.05, 0.1) is 27.4 Å². The number of amides is 1. The third kappa shape index (κ3) is 3.68. The van der Waals surface area contributed by atoms with Crippen molar-refractivity contribution in [3.8, 4) is 6.07 Å². The van der Waals surface area contributed by atoms with E-state index in [-0.39, 0.29) is 5.91 Å². The highest BCUT2D eigenvalue weighted by Gasteiger charge is 2.16. The highest BCUT2D eigenvalue weighted by Crippen LogP contribution is 2.29. The Labute approximate surface area is 157 Å². The van der Waals surface area contributed by atoms with Crippen LogP contribution in [0.4, 0.5) is 0 Å². The van der Waals surface area contributed by atoms with Crippen molar-refractivity contribution in [2.45, 2.75) is 32.2 Å². The van der Waals surface area contributed by atoms with Crippen molar-refractivity contribution in [1.29, 1.82) is 5.26 Å². The fraction of sp³-hybridized carbons (Fsp3) is 0.350. The van der Waals surface area contributed by atoms with E-state index in [1.807, 2.05) is 41.7 Å². The number of fused-ring (bicyclic) bond motifs is 3. The van der Waals surface area contributed by atoms with Gasteiger partial charge in [-0.15, -0.1) is 0 Å². The predicted molar refractivity (Wildman–Crippen MR) is 105 cm³/mol. The summed E-state index contributed by atoms with van der Waals surface area (Å²) in [6.07, 6.45) is 0.975. The number of imidazole rings is 1. The fourth-order valence-electron chi connectivity index (χ4n) is 2.85. The summed E-state index contributed by atoms with van der Waals surface area (Å²) < 4.78 is 1.98. The fourth-order valence-corrected chi connectivity index (χ4v) is 3.81. The molecule has 0 saturated heterocycles. The Bertz CT molecular complexity index is 1000. The van der Waals surface area contributed by atoms with E-state index >= 15 is 0 Å². The van der Waals surface area contributed by atoms with Crippen molar-refractivity contribution in [2.24, 2.45) is 5.92 Å².